The number of aliphatic hydroxyl groups excluding tert-OH is 1. The molecule has 10 heteroatoms. The van der Waals surface area contributed by atoms with Crippen molar-refractivity contribution in [1.29, 1.82) is 0 Å². The van der Waals surface area contributed by atoms with Gasteiger partial charge in [-0.15, -0.1) is 0 Å². The molecule has 0 fully saturated rings. The monoisotopic (exact) mass is 321 g/mol. The number of nitrogens with zero attached hydrogens (tertiary/aromatic N) is 2. The van der Waals surface area contributed by atoms with Crippen LogP contribution in [0.5, 0.6) is 0 Å². The summed E-state index contributed by atoms with van der Waals surface area (Å²) in [5, 5.41) is 31.1. The molecule has 1 aromatic carbocycles. The molecule has 0 aromatic heterocycles. The molecule has 0 spiro atoms. The van der Waals surface area contributed by atoms with E-state index in [2.05, 4.69) is 5.32 Å². The maximum atomic E-state index is 12.0. The van der Waals surface area contributed by atoms with Crippen LogP contribution in [-0.2, 0) is 9.59 Å². The van der Waals surface area contributed by atoms with Crippen LogP contribution in [0.3, 0.4) is 0 Å². The van der Waals surface area contributed by atoms with Crippen molar-refractivity contribution < 1.29 is 29.5 Å². The van der Waals surface area contributed by atoms with E-state index in [1.54, 1.807) is 0 Å². The standard InChI is InChI=1S/C13H11N3O7/c17-4-3-15-11(18)6-10(12(15)19)14-9-2-1-7(16(22)23)5-8(9)13(20)21/h1-2,5-6,14,17H,3-4H2,(H,20,21). The minimum Gasteiger partial charge on any atom is -0.478 e. The van der Waals surface area contributed by atoms with E-state index >= 15 is 0 Å². The second-order valence-electron chi connectivity index (χ2n) is 4.49. The zero-order valence-electron chi connectivity index (χ0n) is 11.6. The lowest BCUT2D eigenvalue weighted by Crippen LogP contribution is -2.34. The van der Waals surface area contributed by atoms with E-state index in [1.807, 2.05) is 0 Å². The van der Waals surface area contributed by atoms with Gasteiger partial charge in [0.15, 0.2) is 0 Å². The molecule has 0 radical (unpaired) electrons. The number of nitro benzene ring substituents is 1. The van der Waals surface area contributed by atoms with Gasteiger partial charge in [-0.05, 0) is 6.07 Å². The minimum atomic E-state index is -1.43. The molecule has 120 valence electrons. The van der Waals surface area contributed by atoms with Gasteiger partial charge in [0.2, 0.25) is 0 Å². The van der Waals surface area contributed by atoms with Crippen LogP contribution >= 0.6 is 0 Å². The van der Waals surface area contributed by atoms with Gasteiger partial charge < -0.3 is 15.5 Å². The summed E-state index contributed by atoms with van der Waals surface area (Å²) in [5.41, 5.74) is -1.08. The average Bonchev–Trinajstić information content (AvgIpc) is 2.75. The number of carbonyl (C=O) groups is 3. The summed E-state index contributed by atoms with van der Waals surface area (Å²) in [6.07, 6.45) is 0.963. The number of imide groups is 1. The van der Waals surface area contributed by atoms with Crippen LogP contribution in [0.15, 0.2) is 30.0 Å². The number of β-amino-alcohol motifs (C(OH)–C–C–N with tert-alkyl or cyclic N) is 1. The number of carboxylic acid groups (broad SMARTS) is 1. The van der Waals surface area contributed by atoms with Gasteiger partial charge in [0.05, 0.1) is 29.3 Å². The summed E-state index contributed by atoms with van der Waals surface area (Å²) >= 11 is 0. The van der Waals surface area contributed by atoms with Gasteiger partial charge in [-0.3, -0.25) is 24.6 Å². The second kappa shape index (κ2) is 6.23. The van der Waals surface area contributed by atoms with E-state index in [4.69, 9.17) is 10.2 Å². The third-order valence-electron chi connectivity index (χ3n) is 3.05. The first-order chi connectivity index (χ1) is 10.8. The largest absolute Gasteiger partial charge is 0.478 e. The number of rotatable bonds is 6. The molecule has 2 amide bonds. The first-order valence-electron chi connectivity index (χ1n) is 6.32. The number of benzene rings is 1. The molecule has 2 rings (SSSR count). The number of aliphatic hydroxyl groups is 1. The first-order valence-corrected chi connectivity index (χ1v) is 6.32. The predicted molar refractivity (Wildman–Crippen MR) is 75.6 cm³/mol. The number of carboxylic acids is 1. The molecule has 0 saturated heterocycles. The Morgan fingerprint density at radius 1 is 1.35 bits per heavy atom. The lowest BCUT2D eigenvalue weighted by atomic mass is 10.1. The number of aromatic carboxylic acids is 1. The molecule has 0 unspecified atom stereocenters. The Balaban J connectivity index is 2.32. The van der Waals surface area contributed by atoms with Gasteiger partial charge >= 0.3 is 5.97 Å². The minimum absolute atomic E-state index is 0.0682. The highest BCUT2D eigenvalue weighted by atomic mass is 16.6. The maximum Gasteiger partial charge on any atom is 0.338 e. The Morgan fingerprint density at radius 2 is 2.04 bits per heavy atom. The fraction of sp³-hybridized carbons (Fsp3) is 0.154. The Morgan fingerprint density at radius 3 is 2.61 bits per heavy atom. The molecule has 1 aliphatic heterocycles. The molecule has 0 saturated carbocycles. The molecular formula is C13H11N3O7. The van der Waals surface area contributed by atoms with E-state index in [0.717, 1.165) is 29.2 Å². The molecule has 0 atom stereocenters. The number of carbonyl (C=O) groups excluding carboxylic acids is 2. The predicted octanol–water partition coefficient (Wildman–Crippen LogP) is -0.0501. The lowest BCUT2D eigenvalue weighted by molar-refractivity contribution is -0.384. The first kappa shape index (κ1) is 16.1. The highest BCUT2D eigenvalue weighted by Gasteiger charge is 2.31. The number of amides is 2. The third kappa shape index (κ3) is 3.16. The van der Waals surface area contributed by atoms with Gasteiger partial charge in [0, 0.05) is 18.2 Å². The molecule has 1 aromatic rings. The third-order valence-corrected chi connectivity index (χ3v) is 3.05. The molecule has 1 aliphatic rings. The number of anilines is 1. The van der Waals surface area contributed by atoms with Crippen molar-refractivity contribution in [2.75, 3.05) is 18.5 Å². The van der Waals surface area contributed by atoms with Crippen molar-refractivity contribution in [1.82, 2.24) is 4.90 Å². The van der Waals surface area contributed by atoms with Crippen LogP contribution in [0.1, 0.15) is 10.4 Å². The fourth-order valence-corrected chi connectivity index (χ4v) is 1.99. The number of nitrogens with one attached hydrogen (secondary N) is 1. The number of non-ortho nitro benzene ring substituents is 1. The summed E-state index contributed by atoms with van der Waals surface area (Å²) in [6.45, 7) is -0.595. The van der Waals surface area contributed by atoms with Gasteiger partial charge in [0.25, 0.3) is 17.5 Å². The summed E-state index contributed by atoms with van der Waals surface area (Å²) in [4.78, 5) is 45.5. The smallest absolute Gasteiger partial charge is 0.338 e. The Bertz CT molecular complexity index is 741. The number of nitro groups is 1. The highest BCUT2D eigenvalue weighted by molar-refractivity contribution is 6.17. The van der Waals surface area contributed by atoms with Gasteiger partial charge in [-0.2, -0.15) is 0 Å². The van der Waals surface area contributed by atoms with E-state index in [9.17, 15) is 24.5 Å². The molecule has 10 nitrogen and oxygen atoms in total. The van der Waals surface area contributed by atoms with Crippen molar-refractivity contribution in [2.24, 2.45) is 0 Å². The van der Waals surface area contributed by atoms with Crippen molar-refractivity contribution in [2.45, 2.75) is 0 Å². The van der Waals surface area contributed by atoms with Gasteiger partial charge in [-0.25, -0.2) is 4.79 Å². The van der Waals surface area contributed by atoms with Crippen LogP contribution in [0.4, 0.5) is 11.4 Å². The fourth-order valence-electron chi connectivity index (χ4n) is 1.99. The van der Waals surface area contributed by atoms with Crippen LogP contribution in [0, 0.1) is 10.1 Å². The van der Waals surface area contributed by atoms with Crippen LogP contribution < -0.4 is 5.32 Å². The Kier molecular flexibility index (Phi) is 4.37. The summed E-state index contributed by atoms with van der Waals surface area (Å²) in [5.74, 6) is -2.80. The molecule has 0 aliphatic carbocycles. The quantitative estimate of drug-likeness (QED) is 0.375. The zero-order valence-corrected chi connectivity index (χ0v) is 11.6. The highest BCUT2D eigenvalue weighted by Crippen LogP contribution is 2.25. The van der Waals surface area contributed by atoms with E-state index in [0.29, 0.717) is 0 Å². The van der Waals surface area contributed by atoms with Gasteiger partial charge in [-0.1, -0.05) is 0 Å². The molecule has 3 N–H and O–H groups in total. The van der Waals surface area contributed by atoms with E-state index in [-0.39, 0.29) is 17.9 Å². The van der Waals surface area contributed by atoms with Crippen LogP contribution in [0.2, 0.25) is 0 Å². The molecular weight excluding hydrogens is 310 g/mol. The maximum absolute atomic E-state index is 12.0. The zero-order chi connectivity index (χ0) is 17.1. The summed E-state index contributed by atoms with van der Waals surface area (Å²) in [7, 11) is 0. The van der Waals surface area contributed by atoms with Crippen LogP contribution in [0.25, 0.3) is 0 Å². The molecule has 1 heterocycles. The second-order valence-corrected chi connectivity index (χ2v) is 4.49. The topological polar surface area (TPSA) is 150 Å². The summed E-state index contributed by atoms with van der Waals surface area (Å²) in [6, 6.07) is 3.05. The Labute approximate surface area is 128 Å². The van der Waals surface area contributed by atoms with Crippen LogP contribution in [-0.4, -0.2) is 51.0 Å². The average molecular weight is 321 g/mol. The van der Waals surface area contributed by atoms with E-state index < -0.39 is 40.6 Å². The van der Waals surface area contributed by atoms with Crippen molar-refractivity contribution in [3.63, 3.8) is 0 Å². The normalized spacial score (nSPS) is 14.0. The number of hydrogen-bond donors (Lipinski definition) is 3. The Hall–Kier alpha value is -3.27. The SMILES string of the molecule is O=C(O)c1cc([N+](=O)[O-])ccc1NC1=CC(=O)N(CCO)C1=O. The molecule has 23 heavy (non-hydrogen) atoms. The van der Waals surface area contributed by atoms with E-state index in [1.165, 1.54) is 0 Å². The van der Waals surface area contributed by atoms with Gasteiger partial charge in [0.1, 0.15) is 5.70 Å². The van der Waals surface area contributed by atoms with Crippen molar-refractivity contribution in [3.05, 3.63) is 45.6 Å². The number of hydrogen-bond acceptors (Lipinski definition) is 7. The lowest BCUT2D eigenvalue weighted by Gasteiger charge is -2.14. The van der Waals surface area contributed by atoms with Crippen molar-refractivity contribution >= 4 is 29.2 Å². The van der Waals surface area contributed by atoms with Crippen molar-refractivity contribution in [3.8, 4) is 0 Å². The summed E-state index contributed by atoms with van der Waals surface area (Å²) < 4.78 is 0. The molecule has 0 bridgehead atoms.